The van der Waals surface area contributed by atoms with Crippen molar-refractivity contribution in [1.82, 2.24) is 15.2 Å². The molecule has 0 fully saturated rings. The van der Waals surface area contributed by atoms with Crippen molar-refractivity contribution in [2.75, 3.05) is 7.11 Å². The average molecular weight is 518 g/mol. The molecule has 1 unspecified atom stereocenters. The molecule has 1 atom stereocenters. The van der Waals surface area contributed by atoms with Crippen LogP contribution < -0.4 is 10.1 Å². The topological polar surface area (TPSA) is 54.5 Å². The number of carbonyl (C=O) groups excluding carboxylic acids is 1. The minimum absolute atomic E-state index is 0.0444. The molecule has 1 heterocycles. The number of ether oxygens (including phenoxy) is 1. The van der Waals surface area contributed by atoms with Crippen LogP contribution >= 0.6 is 11.3 Å². The highest BCUT2D eigenvalue weighted by atomic mass is 32.1. The van der Waals surface area contributed by atoms with E-state index < -0.39 is 0 Å². The summed E-state index contributed by atoms with van der Waals surface area (Å²) in [7, 11) is 1.65. The quantitative estimate of drug-likeness (QED) is 0.242. The molecule has 0 saturated carbocycles. The molecule has 0 bridgehead atoms. The van der Waals surface area contributed by atoms with E-state index in [4.69, 9.17) is 4.74 Å². The van der Waals surface area contributed by atoms with Gasteiger partial charge in [0.1, 0.15) is 22.3 Å². The molecule has 0 radical (unpaired) electrons. The first kappa shape index (κ1) is 26.5. The molecule has 4 rings (SSSR count). The van der Waals surface area contributed by atoms with Crippen LogP contribution in [-0.4, -0.2) is 28.9 Å². The van der Waals surface area contributed by atoms with E-state index in [9.17, 15) is 9.18 Å². The fraction of sp³-hybridized carbons (Fsp3) is 0.267. The summed E-state index contributed by atoms with van der Waals surface area (Å²) in [6.07, 6.45) is 1.77. The van der Waals surface area contributed by atoms with E-state index in [1.165, 1.54) is 29.0 Å². The molecule has 0 aliphatic carbocycles. The molecule has 1 amide bonds. The second-order valence-corrected chi connectivity index (χ2v) is 10.1. The van der Waals surface area contributed by atoms with E-state index in [0.29, 0.717) is 25.3 Å². The number of methoxy groups -OCH3 is 1. The molecule has 0 saturated heterocycles. The van der Waals surface area contributed by atoms with Crippen molar-refractivity contribution in [2.24, 2.45) is 0 Å². The number of amides is 1. The summed E-state index contributed by atoms with van der Waals surface area (Å²) in [5.41, 5.74) is 3.84. The van der Waals surface area contributed by atoms with Gasteiger partial charge in [0, 0.05) is 24.5 Å². The zero-order valence-electron chi connectivity index (χ0n) is 21.2. The van der Waals surface area contributed by atoms with Crippen molar-refractivity contribution < 1.29 is 13.9 Å². The highest BCUT2D eigenvalue weighted by Gasteiger charge is 2.16. The number of rotatable bonds is 12. The molecule has 0 aliphatic heterocycles. The Morgan fingerprint density at radius 3 is 2.24 bits per heavy atom. The van der Waals surface area contributed by atoms with Crippen molar-refractivity contribution in [3.63, 3.8) is 0 Å². The van der Waals surface area contributed by atoms with Crippen LogP contribution in [0.2, 0.25) is 0 Å². The number of carbonyl (C=O) groups is 1. The van der Waals surface area contributed by atoms with E-state index in [1.807, 2.05) is 54.8 Å². The zero-order valence-corrected chi connectivity index (χ0v) is 22.0. The number of hydrogen-bond donors (Lipinski definition) is 1. The van der Waals surface area contributed by atoms with Crippen molar-refractivity contribution in [3.8, 4) is 5.75 Å². The summed E-state index contributed by atoms with van der Waals surface area (Å²) in [6.45, 7) is 3.90. The Kier molecular flexibility index (Phi) is 9.40. The van der Waals surface area contributed by atoms with Crippen LogP contribution in [0.5, 0.6) is 5.75 Å². The smallest absolute Gasteiger partial charge is 0.270 e. The number of nitrogens with zero attached hydrogens (tertiary/aromatic N) is 2. The molecule has 0 spiro atoms. The minimum atomic E-state index is -0.251. The van der Waals surface area contributed by atoms with Crippen LogP contribution in [-0.2, 0) is 26.1 Å². The highest BCUT2D eigenvalue weighted by molar-refractivity contribution is 7.09. The molecule has 3 aromatic carbocycles. The largest absolute Gasteiger partial charge is 0.497 e. The van der Waals surface area contributed by atoms with Gasteiger partial charge < -0.3 is 10.1 Å². The van der Waals surface area contributed by atoms with Crippen molar-refractivity contribution in [1.29, 1.82) is 0 Å². The first-order valence-electron chi connectivity index (χ1n) is 12.4. The van der Waals surface area contributed by atoms with Crippen LogP contribution in [0.15, 0.2) is 84.2 Å². The molecule has 1 N–H and O–H groups in total. The molecule has 7 heteroatoms. The summed E-state index contributed by atoms with van der Waals surface area (Å²) < 4.78 is 18.7. The maximum atomic E-state index is 13.4. The molecule has 5 nitrogen and oxygen atoms in total. The number of thiazole rings is 1. The monoisotopic (exact) mass is 517 g/mol. The Labute approximate surface area is 221 Å². The van der Waals surface area contributed by atoms with Crippen LogP contribution in [0.3, 0.4) is 0 Å². The van der Waals surface area contributed by atoms with Gasteiger partial charge in [-0.15, -0.1) is 11.3 Å². The molecule has 1 aromatic heterocycles. The van der Waals surface area contributed by atoms with Gasteiger partial charge in [0.05, 0.1) is 13.7 Å². The maximum Gasteiger partial charge on any atom is 0.270 e. The fourth-order valence-corrected chi connectivity index (χ4v) is 4.90. The van der Waals surface area contributed by atoms with Gasteiger partial charge in [-0.3, -0.25) is 9.69 Å². The number of nitrogens with one attached hydrogen (secondary N) is 1. The van der Waals surface area contributed by atoms with Gasteiger partial charge in [-0.25, -0.2) is 9.37 Å². The third kappa shape index (κ3) is 8.23. The Bertz CT molecular complexity index is 1260. The van der Waals surface area contributed by atoms with Gasteiger partial charge in [0.15, 0.2) is 0 Å². The summed E-state index contributed by atoms with van der Waals surface area (Å²) in [5, 5.41) is 5.75. The summed E-state index contributed by atoms with van der Waals surface area (Å²) in [6, 6.07) is 24.8. The standard InChI is InChI=1S/C30H32FN3O2S/c1-22(8-9-23-6-4-3-5-7-23)32-30(35)28-21-37-29(33-28)20-34(18-24-10-14-26(31)15-11-24)19-25-12-16-27(36-2)17-13-25/h3-7,10-17,21-22H,8-9,18-20H2,1-2H3,(H,32,35). The Morgan fingerprint density at radius 2 is 1.59 bits per heavy atom. The van der Waals surface area contributed by atoms with E-state index in [1.54, 1.807) is 19.2 Å². The maximum absolute atomic E-state index is 13.4. The van der Waals surface area contributed by atoms with Gasteiger partial charge in [-0.1, -0.05) is 54.6 Å². The summed E-state index contributed by atoms with van der Waals surface area (Å²) >= 11 is 1.48. The van der Waals surface area contributed by atoms with Crippen LogP contribution in [0, 0.1) is 5.82 Å². The average Bonchev–Trinajstić information content (AvgIpc) is 3.38. The van der Waals surface area contributed by atoms with Crippen molar-refractivity contribution >= 4 is 17.2 Å². The van der Waals surface area contributed by atoms with Crippen LogP contribution in [0.4, 0.5) is 4.39 Å². The normalized spacial score (nSPS) is 11.9. The molecular weight excluding hydrogens is 485 g/mol. The van der Waals surface area contributed by atoms with E-state index >= 15 is 0 Å². The third-order valence-electron chi connectivity index (χ3n) is 6.11. The molecule has 0 aliphatic rings. The number of benzene rings is 3. The van der Waals surface area contributed by atoms with E-state index in [0.717, 1.165) is 34.7 Å². The van der Waals surface area contributed by atoms with Crippen LogP contribution in [0.1, 0.15) is 45.5 Å². The van der Waals surface area contributed by atoms with Gasteiger partial charge in [-0.2, -0.15) is 0 Å². The molecular formula is C30H32FN3O2S. The lowest BCUT2D eigenvalue weighted by molar-refractivity contribution is 0.0933. The third-order valence-corrected chi connectivity index (χ3v) is 6.95. The second kappa shape index (κ2) is 13.1. The highest BCUT2D eigenvalue weighted by Crippen LogP contribution is 2.19. The Hall–Kier alpha value is -3.55. The summed E-state index contributed by atoms with van der Waals surface area (Å²) in [5.74, 6) is 0.407. The molecule has 192 valence electrons. The number of hydrogen-bond acceptors (Lipinski definition) is 5. The second-order valence-electron chi connectivity index (χ2n) is 9.14. The molecule has 37 heavy (non-hydrogen) atoms. The van der Waals surface area contributed by atoms with E-state index in [-0.39, 0.29) is 17.8 Å². The lowest BCUT2D eigenvalue weighted by Crippen LogP contribution is -2.33. The predicted octanol–water partition coefficient (Wildman–Crippen LogP) is 6.24. The number of halogens is 1. The first-order valence-corrected chi connectivity index (χ1v) is 13.3. The van der Waals surface area contributed by atoms with E-state index in [2.05, 4.69) is 27.3 Å². The first-order chi connectivity index (χ1) is 18.0. The Balaban J connectivity index is 1.38. The van der Waals surface area contributed by atoms with Gasteiger partial charge >= 0.3 is 0 Å². The number of aryl methyl sites for hydroxylation is 1. The Morgan fingerprint density at radius 1 is 0.946 bits per heavy atom. The van der Waals surface area contributed by atoms with Gasteiger partial charge in [0.2, 0.25) is 0 Å². The lowest BCUT2D eigenvalue weighted by Gasteiger charge is -2.21. The van der Waals surface area contributed by atoms with Gasteiger partial charge in [-0.05, 0) is 60.7 Å². The zero-order chi connectivity index (χ0) is 26.0. The van der Waals surface area contributed by atoms with Crippen molar-refractivity contribution in [3.05, 3.63) is 117 Å². The minimum Gasteiger partial charge on any atom is -0.497 e. The number of aromatic nitrogens is 1. The van der Waals surface area contributed by atoms with Crippen LogP contribution in [0.25, 0.3) is 0 Å². The lowest BCUT2D eigenvalue weighted by atomic mass is 10.1. The fourth-order valence-electron chi connectivity index (χ4n) is 4.08. The summed E-state index contributed by atoms with van der Waals surface area (Å²) in [4.78, 5) is 19.7. The predicted molar refractivity (Wildman–Crippen MR) is 146 cm³/mol. The SMILES string of the molecule is COc1ccc(CN(Cc2ccc(F)cc2)Cc2nc(C(=O)NC(C)CCc3ccccc3)cs2)cc1. The van der Waals surface area contributed by atoms with Gasteiger partial charge in [0.25, 0.3) is 5.91 Å². The molecule has 4 aromatic rings. The van der Waals surface area contributed by atoms with Crippen molar-refractivity contribution in [2.45, 2.75) is 45.4 Å².